The van der Waals surface area contributed by atoms with Crippen LogP contribution in [-0.4, -0.2) is 6.54 Å². The van der Waals surface area contributed by atoms with Gasteiger partial charge >= 0.3 is 0 Å². The van der Waals surface area contributed by atoms with Crippen molar-refractivity contribution in [2.45, 2.75) is 19.4 Å². The Labute approximate surface area is 77.7 Å². The lowest BCUT2D eigenvalue weighted by Crippen LogP contribution is -2.35. The Morgan fingerprint density at radius 3 is 2.83 bits per heavy atom. The molecule has 0 aliphatic carbocycles. The van der Waals surface area contributed by atoms with Gasteiger partial charge in [-0.15, -0.1) is 0 Å². The minimum Gasteiger partial charge on any atom is -0.310 e. The maximum atomic E-state index is 5.91. The molecule has 1 nitrogen and oxygen atoms in total. The molecule has 1 heterocycles. The van der Waals surface area contributed by atoms with Gasteiger partial charge < -0.3 is 5.32 Å². The molecule has 1 atom stereocenters. The number of aryl methyl sites for hydroxylation is 1. The Bertz CT molecular complexity index is 292. The van der Waals surface area contributed by atoms with E-state index in [4.69, 9.17) is 11.6 Å². The van der Waals surface area contributed by atoms with Gasteiger partial charge in [0.15, 0.2) is 0 Å². The summed E-state index contributed by atoms with van der Waals surface area (Å²) in [6.45, 7) is 3.27. The summed E-state index contributed by atoms with van der Waals surface area (Å²) in [5, 5.41) is 4.21. The summed E-state index contributed by atoms with van der Waals surface area (Å²) >= 11 is 5.91. The van der Waals surface area contributed by atoms with Gasteiger partial charge in [0, 0.05) is 11.1 Å². The van der Waals surface area contributed by atoms with Crippen LogP contribution in [0.25, 0.3) is 0 Å². The Morgan fingerprint density at radius 1 is 1.50 bits per heavy atom. The molecule has 12 heavy (non-hydrogen) atoms. The van der Waals surface area contributed by atoms with Gasteiger partial charge in [-0.25, -0.2) is 0 Å². The first-order chi connectivity index (χ1) is 5.77. The average molecular weight is 182 g/mol. The van der Waals surface area contributed by atoms with Crippen LogP contribution in [-0.2, 0) is 0 Å². The number of hydrogen-bond acceptors (Lipinski definition) is 1. The molecule has 64 valence electrons. The number of benzene rings is 1. The van der Waals surface area contributed by atoms with E-state index in [1.54, 1.807) is 0 Å². The number of hydrogen-bond donors (Lipinski definition) is 1. The van der Waals surface area contributed by atoms with Gasteiger partial charge in [-0.1, -0.05) is 17.7 Å². The van der Waals surface area contributed by atoms with Crippen molar-refractivity contribution in [3.63, 3.8) is 0 Å². The van der Waals surface area contributed by atoms with Crippen molar-refractivity contribution in [1.29, 1.82) is 0 Å². The van der Waals surface area contributed by atoms with Crippen LogP contribution in [0, 0.1) is 6.92 Å². The minimum atomic E-state index is 0.545. The summed E-state index contributed by atoms with van der Waals surface area (Å²) in [6, 6.07) is 6.63. The molecule has 1 fully saturated rings. The Kier molecular flexibility index (Phi) is 2.07. The molecule has 1 aliphatic heterocycles. The van der Waals surface area contributed by atoms with Gasteiger partial charge in [-0.2, -0.15) is 0 Å². The lowest BCUT2D eigenvalue weighted by atomic mass is 9.94. The van der Waals surface area contributed by atoms with Crippen molar-refractivity contribution < 1.29 is 0 Å². The zero-order valence-electron chi connectivity index (χ0n) is 7.10. The molecule has 0 bridgehead atoms. The molecule has 1 unspecified atom stereocenters. The minimum absolute atomic E-state index is 0.545. The second-order valence-corrected chi connectivity index (χ2v) is 3.73. The zero-order chi connectivity index (χ0) is 8.55. The van der Waals surface area contributed by atoms with Gasteiger partial charge in [0.1, 0.15) is 0 Å². The van der Waals surface area contributed by atoms with Crippen LogP contribution in [0.15, 0.2) is 18.2 Å². The molecule has 0 spiro atoms. The molecule has 1 aromatic rings. The first-order valence-corrected chi connectivity index (χ1v) is 4.64. The fourth-order valence-electron chi connectivity index (χ4n) is 1.54. The highest BCUT2D eigenvalue weighted by Gasteiger charge is 2.19. The first-order valence-electron chi connectivity index (χ1n) is 4.27. The molecule has 0 saturated carbocycles. The van der Waals surface area contributed by atoms with Crippen LogP contribution in [0.5, 0.6) is 0 Å². The molecule has 1 N–H and O–H groups in total. The quantitative estimate of drug-likeness (QED) is 0.703. The molecule has 1 aromatic carbocycles. The van der Waals surface area contributed by atoms with Gasteiger partial charge in [-0.05, 0) is 43.1 Å². The van der Waals surface area contributed by atoms with Gasteiger partial charge in [0.2, 0.25) is 0 Å². The van der Waals surface area contributed by atoms with Crippen LogP contribution in [0.1, 0.15) is 23.6 Å². The highest BCUT2D eigenvalue weighted by molar-refractivity contribution is 6.30. The van der Waals surface area contributed by atoms with E-state index in [0.717, 1.165) is 11.6 Å². The van der Waals surface area contributed by atoms with Crippen LogP contribution in [0.2, 0.25) is 5.02 Å². The van der Waals surface area contributed by atoms with Crippen LogP contribution in [0.4, 0.5) is 0 Å². The number of halogens is 1. The molecule has 1 aliphatic rings. The van der Waals surface area contributed by atoms with Gasteiger partial charge in [0.05, 0.1) is 0 Å². The van der Waals surface area contributed by atoms with Gasteiger partial charge in [-0.3, -0.25) is 0 Å². The highest BCUT2D eigenvalue weighted by atomic mass is 35.5. The predicted molar refractivity (Wildman–Crippen MR) is 51.5 cm³/mol. The molecule has 2 rings (SSSR count). The van der Waals surface area contributed by atoms with E-state index in [1.165, 1.54) is 17.5 Å². The average Bonchev–Trinajstić information content (AvgIpc) is 1.93. The third-order valence-electron chi connectivity index (χ3n) is 2.44. The summed E-state index contributed by atoms with van der Waals surface area (Å²) in [5.74, 6) is 0. The Balaban J connectivity index is 2.34. The van der Waals surface area contributed by atoms with E-state index in [9.17, 15) is 0 Å². The fourth-order valence-corrected chi connectivity index (χ4v) is 1.72. The topological polar surface area (TPSA) is 12.0 Å². The van der Waals surface area contributed by atoms with Gasteiger partial charge in [0.25, 0.3) is 0 Å². The highest BCUT2D eigenvalue weighted by Crippen LogP contribution is 2.27. The maximum Gasteiger partial charge on any atom is 0.0409 e. The van der Waals surface area contributed by atoms with Crippen molar-refractivity contribution >= 4 is 11.6 Å². The molecule has 0 radical (unpaired) electrons. The third kappa shape index (κ3) is 1.35. The summed E-state index contributed by atoms with van der Waals surface area (Å²) in [4.78, 5) is 0. The summed E-state index contributed by atoms with van der Waals surface area (Å²) in [6.07, 6.45) is 1.24. The molecular weight excluding hydrogens is 170 g/mol. The van der Waals surface area contributed by atoms with E-state index >= 15 is 0 Å². The maximum absolute atomic E-state index is 5.91. The smallest absolute Gasteiger partial charge is 0.0409 e. The fraction of sp³-hybridized carbons (Fsp3) is 0.400. The Morgan fingerprint density at radius 2 is 2.25 bits per heavy atom. The molecule has 2 heteroatoms. The van der Waals surface area contributed by atoms with E-state index in [1.807, 2.05) is 6.07 Å². The van der Waals surface area contributed by atoms with Crippen LogP contribution in [0.3, 0.4) is 0 Å². The Hall–Kier alpha value is -0.530. The van der Waals surface area contributed by atoms with Crippen LogP contribution < -0.4 is 5.32 Å². The first kappa shape index (κ1) is 8.09. The van der Waals surface area contributed by atoms with Crippen molar-refractivity contribution in [2.24, 2.45) is 0 Å². The summed E-state index contributed by atoms with van der Waals surface area (Å²) < 4.78 is 0. The predicted octanol–water partition coefficient (Wildman–Crippen LogP) is 2.68. The van der Waals surface area contributed by atoms with E-state index in [-0.39, 0.29) is 0 Å². The van der Waals surface area contributed by atoms with E-state index < -0.39 is 0 Å². The van der Waals surface area contributed by atoms with Crippen molar-refractivity contribution in [3.8, 4) is 0 Å². The molecule has 0 aromatic heterocycles. The van der Waals surface area contributed by atoms with E-state index in [2.05, 4.69) is 24.4 Å². The second kappa shape index (κ2) is 3.08. The van der Waals surface area contributed by atoms with E-state index in [0.29, 0.717) is 6.04 Å². The molecule has 1 saturated heterocycles. The number of nitrogens with one attached hydrogen (secondary N) is 1. The summed E-state index contributed by atoms with van der Waals surface area (Å²) in [7, 11) is 0. The van der Waals surface area contributed by atoms with Crippen LogP contribution >= 0.6 is 11.6 Å². The van der Waals surface area contributed by atoms with Crippen molar-refractivity contribution in [1.82, 2.24) is 5.32 Å². The lowest BCUT2D eigenvalue weighted by Gasteiger charge is -2.29. The monoisotopic (exact) mass is 181 g/mol. The number of rotatable bonds is 1. The SMILES string of the molecule is Cc1ccc(Cl)cc1C1CCN1. The normalized spacial score (nSPS) is 22.0. The van der Waals surface area contributed by atoms with Crippen molar-refractivity contribution in [3.05, 3.63) is 34.3 Å². The lowest BCUT2D eigenvalue weighted by molar-refractivity contribution is 0.382. The largest absolute Gasteiger partial charge is 0.310 e. The zero-order valence-corrected chi connectivity index (χ0v) is 7.86. The molecular formula is C10H12ClN. The summed E-state index contributed by atoms with van der Waals surface area (Å²) in [5.41, 5.74) is 2.69. The standard InChI is InChI=1S/C10H12ClN/c1-7-2-3-8(11)6-9(7)10-4-5-12-10/h2-3,6,10,12H,4-5H2,1H3. The second-order valence-electron chi connectivity index (χ2n) is 3.30. The van der Waals surface area contributed by atoms with Crippen molar-refractivity contribution in [2.75, 3.05) is 6.54 Å². The molecule has 0 amide bonds. The third-order valence-corrected chi connectivity index (χ3v) is 2.68.